The molecule has 0 saturated heterocycles. The molecule has 3 rings (SSSR count). The van der Waals surface area contributed by atoms with E-state index in [-0.39, 0.29) is 30.3 Å². The predicted octanol–water partition coefficient (Wildman–Crippen LogP) is 4.55. The van der Waals surface area contributed by atoms with Gasteiger partial charge >= 0.3 is 17.6 Å². The van der Waals surface area contributed by atoms with Gasteiger partial charge in [-0.25, -0.2) is 4.79 Å². The van der Waals surface area contributed by atoms with Crippen LogP contribution in [0.25, 0.3) is 11.0 Å². The first-order valence-corrected chi connectivity index (χ1v) is 10.6. The summed E-state index contributed by atoms with van der Waals surface area (Å²) in [5.74, 6) is -0.221. The van der Waals surface area contributed by atoms with Gasteiger partial charge < -0.3 is 18.6 Å². The Kier molecular flexibility index (Phi) is 6.43. The highest BCUT2D eigenvalue weighted by Gasteiger charge is 2.50. The van der Waals surface area contributed by atoms with Crippen molar-refractivity contribution < 1.29 is 28.2 Å². The summed E-state index contributed by atoms with van der Waals surface area (Å²) < 4.78 is 23.3. The average molecular weight is 430 g/mol. The van der Waals surface area contributed by atoms with E-state index in [1.807, 2.05) is 27.7 Å². The van der Waals surface area contributed by atoms with Crippen molar-refractivity contribution in [3.63, 3.8) is 0 Å². The van der Waals surface area contributed by atoms with Gasteiger partial charge in [-0.2, -0.15) is 0 Å². The van der Waals surface area contributed by atoms with Crippen LogP contribution < -0.4 is 10.4 Å². The van der Waals surface area contributed by atoms with Crippen LogP contribution >= 0.6 is 0 Å². The standard InChI is InChI=1S/C24H30O7/c1-13(2)11-18(26)29-22-20-16(9-7-15-8-10-17(25)28-21(15)20)31-24(5,6)23(22)30-19(27)12-14(3)4/h7-10,13-14,22-23H,11-12H2,1-6H3/t22-,23-/m0/s1. The quantitative estimate of drug-likeness (QED) is 0.490. The van der Waals surface area contributed by atoms with E-state index in [0.717, 1.165) is 0 Å². The molecule has 0 saturated carbocycles. The van der Waals surface area contributed by atoms with Gasteiger partial charge in [0.15, 0.2) is 12.2 Å². The Balaban J connectivity index is 2.14. The van der Waals surface area contributed by atoms with E-state index < -0.39 is 35.4 Å². The van der Waals surface area contributed by atoms with Gasteiger partial charge in [-0.3, -0.25) is 9.59 Å². The molecule has 2 atom stereocenters. The average Bonchev–Trinajstić information content (AvgIpc) is 2.62. The maximum absolute atomic E-state index is 12.7. The molecule has 0 radical (unpaired) electrons. The molecule has 1 aliphatic heterocycles. The summed E-state index contributed by atoms with van der Waals surface area (Å²) in [4.78, 5) is 37.2. The lowest BCUT2D eigenvalue weighted by Gasteiger charge is -2.43. The Morgan fingerprint density at radius 2 is 1.55 bits per heavy atom. The molecule has 0 N–H and O–H groups in total. The summed E-state index contributed by atoms with van der Waals surface area (Å²) in [6.45, 7) is 11.2. The first-order chi connectivity index (χ1) is 14.5. The van der Waals surface area contributed by atoms with E-state index >= 15 is 0 Å². The number of benzene rings is 1. The van der Waals surface area contributed by atoms with E-state index in [1.165, 1.54) is 6.07 Å². The first kappa shape index (κ1) is 22.8. The molecule has 2 heterocycles. The Bertz CT molecular complexity index is 1030. The monoisotopic (exact) mass is 430 g/mol. The Morgan fingerprint density at radius 1 is 0.968 bits per heavy atom. The van der Waals surface area contributed by atoms with Crippen molar-refractivity contribution >= 4 is 22.9 Å². The van der Waals surface area contributed by atoms with E-state index in [1.54, 1.807) is 32.0 Å². The van der Waals surface area contributed by atoms with E-state index in [9.17, 15) is 14.4 Å². The number of hydrogen-bond acceptors (Lipinski definition) is 7. The number of rotatable bonds is 6. The fourth-order valence-corrected chi connectivity index (χ4v) is 3.72. The summed E-state index contributed by atoms with van der Waals surface area (Å²) in [5.41, 5.74) is -0.862. The second-order valence-corrected chi connectivity index (χ2v) is 9.37. The highest BCUT2D eigenvalue weighted by atomic mass is 16.6. The third-order valence-corrected chi connectivity index (χ3v) is 5.07. The van der Waals surface area contributed by atoms with Crippen LogP contribution in [0, 0.1) is 11.8 Å². The van der Waals surface area contributed by atoms with E-state index in [2.05, 4.69) is 0 Å². The molecule has 31 heavy (non-hydrogen) atoms. The number of carbonyl (C=O) groups is 2. The van der Waals surface area contributed by atoms with Gasteiger partial charge in [0.05, 0.1) is 5.56 Å². The van der Waals surface area contributed by atoms with Crippen molar-refractivity contribution in [2.45, 2.75) is 72.2 Å². The van der Waals surface area contributed by atoms with Crippen molar-refractivity contribution in [3.8, 4) is 5.75 Å². The molecule has 1 aromatic carbocycles. The lowest BCUT2D eigenvalue weighted by Crippen LogP contribution is -2.52. The second kappa shape index (κ2) is 8.73. The second-order valence-electron chi connectivity index (χ2n) is 9.37. The van der Waals surface area contributed by atoms with Gasteiger partial charge in [0.1, 0.15) is 16.9 Å². The summed E-state index contributed by atoms with van der Waals surface area (Å²) in [6, 6.07) is 6.47. The molecule has 2 aromatic rings. The van der Waals surface area contributed by atoms with Crippen LogP contribution in [0.3, 0.4) is 0 Å². The molecule has 0 aliphatic carbocycles. The van der Waals surface area contributed by atoms with Crippen molar-refractivity contribution in [2.24, 2.45) is 11.8 Å². The molecule has 0 fully saturated rings. The largest absolute Gasteiger partial charge is 0.483 e. The number of esters is 2. The van der Waals surface area contributed by atoms with Gasteiger partial charge in [0, 0.05) is 24.3 Å². The van der Waals surface area contributed by atoms with Crippen LogP contribution in [0.4, 0.5) is 0 Å². The van der Waals surface area contributed by atoms with E-state index in [4.69, 9.17) is 18.6 Å². The molecule has 0 spiro atoms. The Hall–Kier alpha value is -2.83. The number of ether oxygens (including phenoxy) is 3. The van der Waals surface area contributed by atoms with Crippen LogP contribution in [0.15, 0.2) is 33.5 Å². The third-order valence-electron chi connectivity index (χ3n) is 5.07. The smallest absolute Gasteiger partial charge is 0.336 e. The van der Waals surface area contributed by atoms with Crippen LogP contribution in [-0.2, 0) is 19.1 Å². The highest BCUT2D eigenvalue weighted by Crippen LogP contribution is 2.46. The van der Waals surface area contributed by atoms with Crippen LogP contribution in [0.5, 0.6) is 5.75 Å². The third kappa shape index (κ3) is 5.09. The highest BCUT2D eigenvalue weighted by molar-refractivity contribution is 5.83. The normalized spacial score (nSPS) is 19.7. The lowest BCUT2D eigenvalue weighted by atomic mass is 9.87. The van der Waals surface area contributed by atoms with Crippen LogP contribution in [0.2, 0.25) is 0 Å². The SMILES string of the molecule is CC(C)CC(=O)O[C@H]1c2c(ccc3ccc(=O)oc23)OC(C)(C)[C@H]1OC(=O)CC(C)C. The van der Waals surface area contributed by atoms with E-state index in [0.29, 0.717) is 16.7 Å². The summed E-state index contributed by atoms with van der Waals surface area (Å²) in [6.07, 6.45) is -1.47. The van der Waals surface area contributed by atoms with Crippen molar-refractivity contribution in [2.75, 3.05) is 0 Å². The molecule has 1 aromatic heterocycles. The number of carbonyl (C=O) groups excluding carboxylic acids is 2. The van der Waals surface area contributed by atoms with Crippen molar-refractivity contribution in [1.29, 1.82) is 0 Å². The first-order valence-electron chi connectivity index (χ1n) is 10.6. The number of fused-ring (bicyclic) bond motifs is 3. The summed E-state index contributed by atoms with van der Waals surface area (Å²) in [5, 5.41) is 0.652. The minimum atomic E-state index is -0.981. The Morgan fingerprint density at radius 3 is 2.16 bits per heavy atom. The molecule has 7 nitrogen and oxygen atoms in total. The zero-order valence-corrected chi connectivity index (χ0v) is 18.9. The van der Waals surface area contributed by atoms with Crippen LogP contribution in [0.1, 0.15) is 66.1 Å². The Labute approximate surface area is 181 Å². The molecule has 0 amide bonds. The molecule has 7 heteroatoms. The zero-order chi connectivity index (χ0) is 22.9. The van der Waals surface area contributed by atoms with Crippen molar-refractivity contribution in [3.05, 3.63) is 40.2 Å². The van der Waals surface area contributed by atoms with Gasteiger partial charge in [-0.05, 0) is 43.9 Å². The van der Waals surface area contributed by atoms with Crippen molar-refractivity contribution in [1.82, 2.24) is 0 Å². The van der Waals surface area contributed by atoms with Gasteiger partial charge in [-0.15, -0.1) is 0 Å². The molecular weight excluding hydrogens is 400 g/mol. The summed E-state index contributed by atoms with van der Waals surface area (Å²) >= 11 is 0. The fourth-order valence-electron chi connectivity index (χ4n) is 3.72. The zero-order valence-electron chi connectivity index (χ0n) is 18.9. The lowest BCUT2D eigenvalue weighted by molar-refractivity contribution is -0.191. The fraction of sp³-hybridized carbons (Fsp3) is 0.542. The van der Waals surface area contributed by atoms with Gasteiger partial charge in [-0.1, -0.05) is 27.7 Å². The minimum Gasteiger partial charge on any atom is -0.483 e. The summed E-state index contributed by atoms with van der Waals surface area (Å²) in [7, 11) is 0. The number of hydrogen-bond donors (Lipinski definition) is 0. The van der Waals surface area contributed by atoms with Crippen LogP contribution in [-0.4, -0.2) is 23.6 Å². The molecule has 1 aliphatic rings. The predicted molar refractivity (Wildman–Crippen MR) is 115 cm³/mol. The maximum atomic E-state index is 12.7. The molecule has 0 unspecified atom stereocenters. The molecule has 168 valence electrons. The maximum Gasteiger partial charge on any atom is 0.336 e. The molecular formula is C24H30O7. The van der Waals surface area contributed by atoms with Gasteiger partial charge in [0.2, 0.25) is 0 Å². The van der Waals surface area contributed by atoms with Gasteiger partial charge in [0.25, 0.3) is 0 Å². The molecule has 0 bridgehead atoms. The minimum absolute atomic E-state index is 0.0900. The topological polar surface area (TPSA) is 92.0 Å².